The third-order valence-electron chi connectivity index (χ3n) is 8.76. The van der Waals surface area contributed by atoms with Crippen LogP contribution < -0.4 is 272 Å². The molecule has 2 aromatic heterocycles. The Hall–Kier alpha value is -1.79. The first-order valence-electron chi connectivity index (χ1n) is 19.7. The molecule has 384 valence electrons. The molecule has 4 aromatic carbocycles. The normalized spacial score (nSPS) is 9.46. The largest absolute Gasteiger partial charge is 1.00 e. The van der Waals surface area contributed by atoms with Crippen molar-refractivity contribution < 1.29 is 321 Å². The Labute approximate surface area is 644 Å². The van der Waals surface area contributed by atoms with Crippen LogP contribution in [-0.2, 0) is 71.4 Å². The number of aromatic carboxylic acids is 1. The molecule has 0 saturated carbocycles. The van der Waals surface area contributed by atoms with Crippen LogP contribution in [0, 0.1) is 20.2 Å². The molecule has 6 rings (SSSR count). The number of carboxylic acid groups (broad SMARTS) is 3. The SMILES string of the molecule is O=C=O.O=C=O.O=C=O.[CH2-]N([CH2-])c1nc(Cc2ccc(C(=O)[O-])cc2)nc(Nc2ccc(/C=C/c3ccc(Cc4nc(Nc5cc[c-]cc5)nc(N(CC(=O)[O-])CC(=O)[O-])n4)cc3S(=O)(=O)[O-])c(S(=O)(=O)[O-])c2)n1.[Na+].[Na+].[Na+].[Na+].[Na+].[Na+].[Na+].[Na+]. The third-order valence-corrected chi connectivity index (χ3v) is 10.5. The van der Waals surface area contributed by atoms with E-state index in [-0.39, 0.29) is 325 Å². The summed E-state index contributed by atoms with van der Waals surface area (Å²) in [6.07, 6.45) is 2.75. The number of hydrogen-bond acceptors (Lipinski definition) is 28. The third kappa shape index (κ3) is 32.8. The fraction of sp³-hybridized carbons (Fsp3) is 0.0909. The molecule has 38 heteroatoms. The van der Waals surface area contributed by atoms with Crippen LogP contribution in [0.15, 0.2) is 94.7 Å². The van der Waals surface area contributed by atoms with E-state index in [4.69, 9.17) is 28.8 Å². The number of hydrogen-bond donors (Lipinski definition) is 2. The Balaban J connectivity index is -0.000000797. The van der Waals surface area contributed by atoms with E-state index in [1.165, 1.54) is 48.5 Å². The number of carbonyl (C=O) groups excluding carboxylic acids is 9. The first-order valence-corrected chi connectivity index (χ1v) is 22.5. The number of rotatable bonds is 19. The predicted molar refractivity (Wildman–Crippen MR) is 236 cm³/mol. The van der Waals surface area contributed by atoms with Crippen molar-refractivity contribution in [2.24, 2.45) is 0 Å². The van der Waals surface area contributed by atoms with E-state index < -0.39 is 67.0 Å². The fourth-order valence-corrected chi connectivity index (χ4v) is 7.33. The minimum atomic E-state index is -5.24. The van der Waals surface area contributed by atoms with Crippen LogP contribution in [0.2, 0.25) is 0 Å². The maximum Gasteiger partial charge on any atom is 1.00 e. The Kier molecular flexibility index (Phi) is 51.7. The molecule has 0 unspecified atom stereocenters. The zero-order chi connectivity index (χ0) is 55.2. The summed E-state index contributed by atoms with van der Waals surface area (Å²) in [4.78, 5) is 109. The van der Waals surface area contributed by atoms with E-state index in [1.807, 2.05) is 0 Å². The fourth-order valence-electron chi connectivity index (χ4n) is 5.92. The average Bonchev–Trinajstić information content (AvgIpc) is 3.31. The topological polar surface area (TPSA) is 445 Å². The number of anilines is 6. The summed E-state index contributed by atoms with van der Waals surface area (Å²) in [6.45, 7) is -1.90. The molecule has 82 heavy (non-hydrogen) atoms. The first kappa shape index (κ1) is 91.4. The minimum absolute atomic E-state index is 0. The van der Waals surface area contributed by atoms with Crippen LogP contribution in [0.1, 0.15) is 44.3 Å². The van der Waals surface area contributed by atoms with Gasteiger partial charge in [-0.15, -0.1) is 12.1 Å². The van der Waals surface area contributed by atoms with Gasteiger partial charge in [0, 0.05) is 18.5 Å². The number of aliphatic carboxylic acids is 2. The quantitative estimate of drug-likeness (QED) is 0.0329. The number of aromatic nitrogens is 6. The van der Waals surface area contributed by atoms with E-state index in [0.717, 1.165) is 34.1 Å². The molecule has 0 fully saturated rings. The molecule has 0 radical (unpaired) electrons. The summed E-state index contributed by atoms with van der Waals surface area (Å²) in [6, 6.07) is 22.1. The van der Waals surface area contributed by atoms with E-state index >= 15 is 0 Å². The van der Waals surface area contributed by atoms with Gasteiger partial charge in [-0.1, -0.05) is 60.3 Å². The molecular weight excluding hydrogens is 1200 g/mol. The molecule has 0 amide bonds. The second-order valence-electron chi connectivity index (χ2n) is 13.9. The van der Waals surface area contributed by atoms with Crippen LogP contribution in [0.5, 0.6) is 0 Å². The Morgan fingerprint density at radius 2 is 0.927 bits per heavy atom. The van der Waals surface area contributed by atoms with Gasteiger partial charge in [0.25, 0.3) is 0 Å². The van der Waals surface area contributed by atoms with Crippen molar-refractivity contribution in [3.63, 3.8) is 0 Å². The molecule has 6 aromatic rings. The Morgan fingerprint density at radius 1 is 0.537 bits per heavy atom. The molecule has 0 atom stereocenters. The maximum absolute atomic E-state index is 12.6. The molecule has 0 aliphatic carbocycles. The van der Waals surface area contributed by atoms with Crippen molar-refractivity contribution in [1.29, 1.82) is 0 Å². The van der Waals surface area contributed by atoms with Gasteiger partial charge in [-0.05, 0) is 46.0 Å². The van der Waals surface area contributed by atoms with Crippen molar-refractivity contribution in [3.8, 4) is 0 Å². The van der Waals surface area contributed by atoms with Crippen LogP contribution in [0.4, 0.5) is 35.2 Å². The molecule has 2 heterocycles. The predicted octanol–water partition coefficient (Wildman–Crippen LogP) is -26.2. The van der Waals surface area contributed by atoms with Crippen molar-refractivity contribution in [2.45, 2.75) is 22.6 Å². The number of nitrogens with one attached hydrogen (secondary N) is 2. The monoisotopic (exact) mass is 1230 g/mol. The van der Waals surface area contributed by atoms with Crippen molar-refractivity contribution in [1.82, 2.24) is 29.9 Å². The van der Waals surface area contributed by atoms with Crippen molar-refractivity contribution >= 4 is 104 Å². The number of carbonyl (C=O) groups is 3. The molecule has 0 bridgehead atoms. The Morgan fingerprint density at radius 3 is 1.35 bits per heavy atom. The zero-order valence-electron chi connectivity index (χ0n) is 45.2. The molecule has 0 spiro atoms. The second kappa shape index (κ2) is 46.4. The van der Waals surface area contributed by atoms with Gasteiger partial charge in [0.05, 0.1) is 40.8 Å². The Bertz CT molecular complexity index is 3340. The van der Waals surface area contributed by atoms with Gasteiger partial charge in [-0.25, -0.2) is 21.8 Å². The zero-order valence-corrected chi connectivity index (χ0v) is 62.9. The number of carboxylic acids is 3. The molecule has 28 nitrogen and oxygen atoms in total. The van der Waals surface area contributed by atoms with Gasteiger partial charge in [0.15, 0.2) is 5.95 Å². The van der Waals surface area contributed by atoms with Crippen molar-refractivity contribution in [2.75, 3.05) is 33.5 Å². The molecule has 0 aliphatic rings. The molecule has 0 aliphatic heterocycles. The van der Waals surface area contributed by atoms with Crippen molar-refractivity contribution in [3.05, 3.63) is 145 Å². The second-order valence-corrected chi connectivity index (χ2v) is 16.6. The van der Waals surface area contributed by atoms with Crippen LogP contribution in [-0.4, -0.2) is 105 Å². The van der Waals surface area contributed by atoms with Gasteiger partial charge in [0.2, 0.25) is 17.8 Å². The summed E-state index contributed by atoms with van der Waals surface area (Å²) in [5, 5.41) is 39.7. The van der Waals surface area contributed by atoms with E-state index in [2.05, 4.69) is 60.7 Å². The van der Waals surface area contributed by atoms with Gasteiger partial charge < -0.3 is 59.2 Å². The van der Waals surface area contributed by atoms with Gasteiger partial charge >= 0.3 is 255 Å². The van der Waals surface area contributed by atoms with Gasteiger partial charge in [0.1, 0.15) is 31.9 Å². The van der Waals surface area contributed by atoms with Gasteiger partial charge in [-0.2, -0.15) is 71.9 Å². The summed E-state index contributed by atoms with van der Waals surface area (Å²) < 4.78 is 75.3. The molecule has 0 saturated heterocycles. The van der Waals surface area contributed by atoms with E-state index in [1.54, 1.807) is 24.3 Å². The maximum atomic E-state index is 12.6. The average molecular weight is 1230 g/mol. The van der Waals surface area contributed by atoms with E-state index in [9.17, 15) is 55.6 Å². The number of nitrogens with zero attached hydrogens (tertiary/aromatic N) is 8. The number of benzene rings is 4. The van der Waals surface area contributed by atoms with Crippen LogP contribution in [0.25, 0.3) is 12.2 Å². The minimum Gasteiger partial charge on any atom is -0.744 e. The molecule has 2 N–H and O–H groups in total. The van der Waals surface area contributed by atoms with Gasteiger partial charge in [-0.3, -0.25) is 14.1 Å². The van der Waals surface area contributed by atoms with E-state index in [0.29, 0.717) is 11.3 Å². The van der Waals surface area contributed by atoms with Crippen LogP contribution in [0.3, 0.4) is 0 Å². The summed E-state index contributed by atoms with van der Waals surface area (Å²) in [5.74, 6) is -5.32. The summed E-state index contributed by atoms with van der Waals surface area (Å²) >= 11 is 0. The molecular formula is C44H30N10Na8O18S2. The standard InChI is InChI=1S/C41H35N10O12S2.3CO2.8Na/c1-50(2)40-46-33(19-24-8-12-28(13-9-24)37(56)57)44-39(48-40)43-30-17-16-27(32(21-30)65(61,62)63)15-14-26-11-10-25(18-31(26)64(58,59)60)20-34-45-38(42-29-6-4-3-5-7-29)49-41(47-34)51(22-35(52)53)23-36(54)55;3*2-1-3;;;;;;;;/h4-18,21H,1-2,19-20,22-23H2,(H,52,53)(H,54,55)(H,56,57)(H,58,59,60)(H,61,62,63)(H,42,45,47,49)(H,43,44,46,48);;;;;;;;;;;/q-3;;;;8*+1/p-5/b15-14+;;;;;;;;;;;. The van der Waals surface area contributed by atoms with Crippen LogP contribution >= 0.6 is 0 Å². The summed E-state index contributed by atoms with van der Waals surface area (Å²) in [7, 11) is -3.13. The first-order chi connectivity index (χ1) is 34.9. The summed E-state index contributed by atoms with van der Waals surface area (Å²) in [5.41, 5.74) is 0.788. The smallest absolute Gasteiger partial charge is 0.744 e.